The predicted octanol–water partition coefficient (Wildman–Crippen LogP) is 3.20. The van der Waals surface area contributed by atoms with E-state index in [4.69, 9.17) is 0 Å². The van der Waals surface area contributed by atoms with Crippen LogP contribution < -0.4 is 5.32 Å². The maximum Gasteiger partial charge on any atom is 0.246 e. The third-order valence-electron chi connectivity index (χ3n) is 6.19. The molecule has 0 spiro atoms. The van der Waals surface area contributed by atoms with Crippen LogP contribution in [0.4, 0.5) is 5.69 Å². The van der Waals surface area contributed by atoms with Crippen molar-refractivity contribution in [1.29, 1.82) is 0 Å². The molecular weight excluding hydrogens is 436 g/mol. The van der Waals surface area contributed by atoms with Crippen molar-refractivity contribution < 1.29 is 21.6 Å². The zero-order valence-electron chi connectivity index (χ0n) is 17.2. The summed E-state index contributed by atoms with van der Waals surface area (Å²) in [5, 5.41) is 2.70. The number of carbonyl (C=O) groups excluding carboxylic acids is 1. The van der Waals surface area contributed by atoms with Gasteiger partial charge >= 0.3 is 0 Å². The number of amides is 1. The molecule has 0 atom stereocenters. The van der Waals surface area contributed by atoms with Crippen molar-refractivity contribution >= 4 is 31.5 Å². The van der Waals surface area contributed by atoms with Gasteiger partial charge in [0.25, 0.3) is 0 Å². The number of nitrogens with one attached hydrogen (secondary N) is 1. The zero-order valence-corrected chi connectivity index (χ0v) is 18.8. The molecule has 0 radical (unpaired) electrons. The Morgan fingerprint density at radius 3 is 2.06 bits per heavy atom. The molecule has 1 amide bonds. The number of anilines is 1. The quantitative estimate of drug-likeness (QED) is 0.711. The molecular formula is C22H26N2O5S2. The molecule has 0 aromatic heterocycles. The minimum absolute atomic E-state index is 0.0959. The maximum absolute atomic E-state index is 13.4. The van der Waals surface area contributed by atoms with Crippen LogP contribution in [0, 0.1) is 0 Å². The minimum atomic E-state index is -3.91. The Kier molecular flexibility index (Phi) is 5.93. The predicted molar refractivity (Wildman–Crippen MR) is 118 cm³/mol. The number of sulfonamides is 1. The molecule has 4 rings (SSSR count). The summed E-state index contributed by atoms with van der Waals surface area (Å²) in [6.45, 7) is 0.967. The van der Waals surface area contributed by atoms with Crippen LogP contribution in [0.2, 0.25) is 0 Å². The largest absolute Gasteiger partial charge is 0.325 e. The van der Waals surface area contributed by atoms with Crippen LogP contribution in [0.3, 0.4) is 0 Å². The first-order valence-electron chi connectivity index (χ1n) is 10.5. The molecule has 1 N–H and O–H groups in total. The number of benzene rings is 2. The molecule has 1 saturated carbocycles. The molecule has 0 bridgehead atoms. The van der Waals surface area contributed by atoms with Gasteiger partial charge in [-0.1, -0.05) is 37.1 Å². The van der Waals surface area contributed by atoms with Crippen LogP contribution in [0.15, 0.2) is 64.4 Å². The lowest BCUT2D eigenvalue weighted by molar-refractivity contribution is -0.118. The first-order valence-corrected chi connectivity index (χ1v) is 13.4. The number of nitrogens with zero attached hydrogens (tertiary/aromatic N) is 1. The average molecular weight is 463 g/mol. The van der Waals surface area contributed by atoms with Crippen molar-refractivity contribution in [3.05, 3.63) is 54.6 Å². The second-order valence-electron chi connectivity index (χ2n) is 8.11. The van der Waals surface area contributed by atoms with Crippen molar-refractivity contribution in [2.45, 2.75) is 53.1 Å². The van der Waals surface area contributed by atoms with E-state index in [1.165, 1.54) is 28.6 Å². The third kappa shape index (κ3) is 3.90. The Morgan fingerprint density at radius 2 is 1.42 bits per heavy atom. The molecule has 31 heavy (non-hydrogen) atoms. The Labute approximate surface area is 183 Å². The average Bonchev–Trinajstić information content (AvgIpc) is 3.48. The van der Waals surface area contributed by atoms with E-state index in [9.17, 15) is 21.6 Å². The van der Waals surface area contributed by atoms with Gasteiger partial charge in [-0.15, -0.1) is 0 Å². The van der Waals surface area contributed by atoms with Crippen LogP contribution in [0.25, 0.3) is 0 Å². The van der Waals surface area contributed by atoms with Gasteiger partial charge in [-0.25, -0.2) is 16.8 Å². The molecule has 2 aliphatic rings. The summed E-state index contributed by atoms with van der Waals surface area (Å²) >= 11 is 0. The standard InChI is InChI=1S/C22H26N2O5S2/c25-21(22(13-4-5-14-22)30(26,27)19-10-2-1-3-11-19)23-18-9-8-12-20(17-18)31(28,29)24-15-6-7-16-24/h1-3,8-12,17H,4-7,13-16H2,(H,23,25). The highest BCUT2D eigenvalue weighted by Gasteiger charge is 2.53. The number of carbonyl (C=O) groups is 1. The smallest absolute Gasteiger partial charge is 0.246 e. The number of hydrogen-bond acceptors (Lipinski definition) is 5. The molecule has 166 valence electrons. The first-order chi connectivity index (χ1) is 14.8. The topological polar surface area (TPSA) is 101 Å². The van der Waals surface area contributed by atoms with Crippen molar-refractivity contribution in [3.63, 3.8) is 0 Å². The van der Waals surface area contributed by atoms with Gasteiger partial charge in [0.2, 0.25) is 15.9 Å². The molecule has 7 nitrogen and oxygen atoms in total. The van der Waals surface area contributed by atoms with E-state index in [-0.39, 0.29) is 28.3 Å². The van der Waals surface area contributed by atoms with E-state index >= 15 is 0 Å². The molecule has 2 fully saturated rings. The molecule has 9 heteroatoms. The van der Waals surface area contributed by atoms with E-state index in [1.807, 2.05) is 0 Å². The summed E-state index contributed by atoms with van der Waals surface area (Å²) in [5.74, 6) is -0.607. The molecule has 1 aliphatic heterocycles. The fraction of sp³-hybridized carbons (Fsp3) is 0.409. The molecule has 2 aromatic rings. The van der Waals surface area contributed by atoms with Crippen LogP contribution in [0.1, 0.15) is 38.5 Å². The summed E-state index contributed by atoms with van der Waals surface area (Å²) < 4.78 is 52.4. The molecule has 1 saturated heterocycles. The van der Waals surface area contributed by atoms with Gasteiger partial charge < -0.3 is 5.32 Å². The van der Waals surface area contributed by atoms with Crippen LogP contribution in [-0.4, -0.2) is 44.9 Å². The molecule has 0 unspecified atom stereocenters. The fourth-order valence-electron chi connectivity index (χ4n) is 4.45. The normalized spacial score (nSPS) is 19.4. The first kappa shape index (κ1) is 22.0. The highest BCUT2D eigenvalue weighted by atomic mass is 32.2. The second-order valence-corrected chi connectivity index (χ2v) is 12.3. The Morgan fingerprint density at radius 1 is 0.806 bits per heavy atom. The van der Waals surface area contributed by atoms with Crippen LogP contribution in [-0.2, 0) is 24.7 Å². The second kappa shape index (κ2) is 8.37. The van der Waals surface area contributed by atoms with Crippen LogP contribution >= 0.6 is 0 Å². The van der Waals surface area contributed by atoms with Crippen molar-refractivity contribution in [2.24, 2.45) is 0 Å². The Balaban J connectivity index is 1.64. The van der Waals surface area contributed by atoms with Gasteiger partial charge in [-0.3, -0.25) is 4.79 Å². The highest BCUT2D eigenvalue weighted by molar-refractivity contribution is 7.93. The summed E-state index contributed by atoms with van der Waals surface area (Å²) in [6, 6.07) is 14.1. The minimum Gasteiger partial charge on any atom is -0.325 e. The maximum atomic E-state index is 13.4. The van der Waals surface area contributed by atoms with E-state index in [1.54, 1.807) is 30.3 Å². The highest BCUT2D eigenvalue weighted by Crippen LogP contribution is 2.41. The van der Waals surface area contributed by atoms with Gasteiger partial charge in [0.15, 0.2) is 14.6 Å². The molecule has 2 aromatic carbocycles. The number of rotatable bonds is 6. The van der Waals surface area contributed by atoms with Crippen molar-refractivity contribution in [2.75, 3.05) is 18.4 Å². The fourth-order valence-corrected chi connectivity index (χ4v) is 8.10. The summed E-state index contributed by atoms with van der Waals surface area (Å²) in [5.41, 5.74) is 0.278. The number of sulfone groups is 1. The van der Waals surface area contributed by atoms with Gasteiger partial charge in [-0.05, 0) is 56.0 Å². The number of hydrogen-bond donors (Lipinski definition) is 1. The van der Waals surface area contributed by atoms with Gasteiger partial charge in [0.1, 0.15) is 0 Å². The van der Waals surface area contributed by atoms with E-state index < -0.39 is 30.5 Å². The Hall–Kier alpha value is -2.23. The van der Waals surface area contributed by atoms with Gasteiger partial charge in [0, 0.05) is 18.8 Å². The molecule has 1 heterocycles. The summed E-state index contributed by atoms with van der Waals surface area (Å²) in [6.07, 6.45) is 3.42. The summed E-state index contributed by atoms with van der Waals surface area (Å²) in [7, 11) is -7.55. The summed E-state index contributed by atoms with van der Waals surface area (Å²) in [4.78, 5) is 13.5. The van der Waals surface area contributed by atoms with Crippen molar-refractivity contribution in [1.82, 2.24) is 4.31 Å². The monoisotopic (exact) mass is 462 g/mol. The van der Waals surface area contributed by atoms with E-state index in [0.29, 0.717) is 25.9 Å². The van der Waals surface area contributed by atoms with Gasteiger partial charge in [0.05, 0.1) is 9.79 Å². The lowest BCUT2D eigenvalue weighted by atomic mass is 10.1. The van der Waals surface area contributed by atoms with Gasteiger partial charge in [-0.2, -0.15) is 4.31 Å². The van der Waals surface area contributed by atoms with E-state index in [2.05, 4.69) is 5.32 Å². The van der Waals surface area contributed by atoms with Crippen LogP contribution in [0.5, 0.6) is 0 Å². The SMILES string of the molecule is O=C(Nc1cccc(S(=O)(=O)N2CCCC2)c1)C1(S(=O)(=O)c2ccccc2)CCCC1. The zero-order chi connectivity index (χ0) is 22.1. The molecule has 1 aliphatic carbocycles. The Bertz CT molecular complexity index is 1170. The lowest BCUT2D eigenvalue weighted by Crippen LogP contribution is -2.47. The van der Waals surface area contributed by atoms with Crippen molar-refractivity contribution in [3.8, 4) is 0 Å². The third-order valence-corrected chi connectivity index (χ3v) is 10.6. The lowest BCUT2D eigenvalue weighted by Gasteiger charge is -2.27. The van der Waals surface area contributed by atoms with E-state index in [0.717, 1.165) is 12.8 Å².